The number of anilines is 1. The summed E-state index contributed by atoms with van der Waals surface area (Å²) in [5, 5.41) is 10.1. The van der Waals surface area contributed by atoms with E-state index in [1.54, 1.807) is 10.9 Å². The van der Waals surface area contributed by atoms with Gasteiger partial charge in [-0.05, 0) is 31.0 Å². The van der Waals surface area contributed by atoms with E-state index in [0.717, 1.165) is 17.0 Å². The van der Waals surface area contributed by atoms with Gasteiger partial charge in [-0.1, -0.05) is 37.3 Å². The number of aryl methyl sites for hydroxylation is 1. The van der Waals surface area contributed by atoms with E-state index in [9.17, 15) is 4.79 Å². The molecule has 3 heterocycles. The maximum atomic E-state index is 12.9. The first-order chi connectivity index (χ1) is 13.7. The van der Waals surface area contributed by atoms with Crippen LogP contribution in [0.1, 0.15) is 30.5 Å². The molecule has 4 aromatic rings. The van der Waals surface area contributed by atoms with E-state index in [4.69, 9.17) is 4.42 Å². The quantitative estimate of drug-likeness (QED) is 0.499. The third kappa shape index (κ3) is 3.61. The van der Waals surface area contributed by atoms with Crippen LogP contribution in [-0.4, -0.2) is 20.7 Å². The number of furan rings is 1. The van der Waals surface area contributed by atoms with Crippen molar-refractivity contribution in [1.82, 2.24) is 14.8 Å². The molecular formula is C21H20N4O2S. The minimum absolute atomic E-state index is 0.0577. The molecule has 0 fully saturated rings. The number of carbonyl (C=O) groups is 1. The highest BCUT2D eigenvalue weighted by Gasteiger charge is 2.21. The lowest BCUT2D eigenvalue weighted by Crippen LogP contribution is -2.22. The van der Waals surface area contributed by atoms with E-state index in [1.807, 2.05) is 67.8 Å². The van der Waals surface area contributed by atoms with Gasteiger partial charge in [0.05, 0.1) is 17.9 Å². The van der Waals surface area contributed by atoms with Crippen molar-refractivity contribution in [3.63, 3.8) is 0 Å². The Morgan fingerprint density at radius 1 is 1.25 bits per heavy atom. The van der Waals surface area contributed by atoms with E-state index in [1.165, 1.54) is 11.3 Å². The zero-order valence-electron chi connectivity index (χ0n) is 15.6. The van der Waals surface area contributed by atoms with Gasteiger partial charge in [0.1, 0.15) is 11.5 Å². The van der Waals surface area contributed by atoms with Gasteiger partial charge in [-0.2, -0.15) is 9.78 Å². The predicted octanol–water partition coefficient (Wildman–Crippen LogP) is 5.03. The van der Waals surface area contributed by atoms with Gasteiger partial charge < -0.3 is 9.73 Å². The average Bonchev–Trinajstić information content (AvgIpc) is 3.43. The van der Waals surface area contributed by atoms with Gasteiger partial charge in [-0.3, -0.25) is 4.79 Å². The van der Waals surface area contributed by atoms with Crippen molar-refractivity contribution in [3.8, 4) is 16.6 Å². The first kappa shape index (κ1) is 18.2. The Hall–Kier alpha value is -3.19. The van der Waals surface area contributed by atoms with Crippen LogP contribution in [-0.2, 0) is 4.79 Å². The molecule has 1 N–H and O–H groups in total. The van der Waals surface area contributed by atoms with Gasteiger partial charge in [0.2, 0.25) is 11.0 Å². The Balaban J connectivity index is 1.60. The maximum Gasteiger partial charge on any atom is 0.233 e. The standard InChI is InChI=1S/C21H20N4O2S/c1-3-16(15-8-5-4-6-9-15)20(26)23-19-12-14(2)24-25(19)21-22-17(13-28-21)18-10-7-11-27-18/h4-13,16H,3H2,1-2H3,(H,23,26). The summed E-state index contributed by atoms with van der Waals surface area (Å²) in [5.41, 5.74) is 2.54. The topological polar surface area (TPSA) is 73.0 Å². The van der Waals surface area contributed by atoms with E-state index in [-0.39, 0.29) is 11.8 Å². The van der Waals surface area contributed by atoms with E-state index in [2.05, 4.69) is 15.4 Å². The molecule has 0 spiro atoms. The van der Waals surface area contributed by atoms with Gasteiger partial charge in [0.15, 0.2) is 5.76 Å². The second kappa shape index (κ2) is 7.82. The van der Waals surface area contributed by atoms with Crippen molar-refractivity contribution >= 4 is 23.1 Å². The summed E-state index contributed by atoms with van der Waals surface area (Å²) in [5.74, 6) is 1.03. The highest BCUT2D eigenvalue weighted by molar-refractivity contribution is 7.12. The zero-order valence-corrected chi connectivity index (χ0v) is 16.4. The highest BCUT2D eigenvalue weighted by Crippen LogP contribution is 2.28. The van der Waals surface area contributed by atoms with Crippen LogP contribution < -0.4 is 5.32 Å². The van der Waals surface area contributed by atoms with Crippen LogP contribution in [0.15, 0.2) is 64.6 Å². The minimum Gasteiger partial charge on any atom is -0.463 e. The van der Waals surface area contributed by atoms with Gasteiger partial charge >= 0.3 is 0 Å². The summed E-state index contributed by atoms with van der Waals surface area (Å²) in [7, 11) is 0. The van der Waals surface area contributed by atoms with Crippen LogP contribution in [0.3, 0.4) is 0 Å². The maximum absolute atomic E-state index is 12.9. The van der Waals surface area contributed by atoms with Crippen molar-refractivity contribution in [3.05, 3.63) is 71.4 Å². The van der Waals surface area contributed by atoms with Crippen molar-refractivity contribution in [2.24, 2.45) is 0 Å². The first-order valence-corrected chi connectivity index (χ1v) is 9.96. The van der Waals surface area contributed by atoms with Gasteiger partial charge in [0, 0.05) is 11.4 Å². The number of carbonyl (C=O) groups excluding carboxylic acids is 1. The fourth-order valence-corrected chi connectivity index (χ4v) is 3.88. The average molecular weight is 392 g/mol. The molecule has 1 aromatic carbocycles. The van der Waals surface area contributed by atoms with Crippen molar-refractivity contribution in [2.45, 2.75) is 26.2 Å². The number of nitrogens with zero attached hydrogens (tertiary/aromatic N) is 3. The predicted molar refractivity (Wildman–Crippen MR) is 110 cm³/mol. The molecule has 1 atom stereocenters. The summed E-state index contributed by atoms with van der Waals surface area (Å²) in [6, 6.07) is 15.3. The number of aromatic nitrogens is 3. The normalized spacial score (nSPS) is 12.1. The summed E-state index contributed by atoms with van der Waals surface area (Å²) >= 11 is 1.44. The highest BCUT2D eigenvalue weighted by atomic mass is 32.1. The lowest BCUT2D eigenvalue weighted by atomic mass is 9.96. The van der Waals surface area contributed by atoms with Gasteiger partial charge in [0.25, 0.3) is 0 Å². The van der Waals surface area contributed by atoms with Crippen LogP contribution in [0.4, 0.5) is 5.82 Å². The zero-order chi connectivity index (χ0) is 19.5. The number of hydrogen-bond donors (Lipinski definition) is 1. The van der Waals surface area contributed by atoms with Crippen molar-refractivity contribution in [1.29, 1.82) is 0 Å². The second-order valence-electron chi connectivity index (χ2n) is 6.44. The largest absolute Gasteiger partial charge is 0.463 e. The molecule has 6 nitrogen and oxygen atoms in total. The van der Waals surface area contributed by atoms with Crippen molar-refractivity contribution in [2.75, 3.05) is 5.32 Å². The molecule has 142 valence electrons. The van der Waals surface area contributed by atoms with Gasteiger partial charge in [-0.15, -0.1) is 11.3 Å². The number of rotatable bonds is 6. The fourth-order valence-electron chi connectivity index (χ4n) is 3.10. The minimum atomic E-state index is -0.222. The molecule has 0 bridgehead atoms. The second-order valence-corrected chi connectivity index (χ2v) is 7.27. The molecule has 28 heavy (non-hydrogen) atoms. The molecule has 0 saturated heterocycles. The third-order valence-corrected chi connectivity index (χ3v) is 5.27. The summed E-state index contributed by atoms with van der Waals surface area (Å²) in [4.78, 5) is 17.5. The number of amides is 1. The Morgan fingerprint density at radius 2 is 2.07 bits per heavy atom. The van der Waals surface area contributed by atoms with E-state index < -0.39 is 0 Å². The summed E-state index contributed by atoms with van der Waals surface area (Å²) in [6.45, 7) is 3.90. The Kier molecular flexibility index (Phi) is 5.08. The Bertz CT molecular complexity index is 1070. The molecule has 1 unspecified atom stereocenters. The van der Waals surface area contributed by atoms with Crippen molar-refractivity contribution < 1.29 is 9.21 Å². The molecule has 0 saturated carbocycles. The monoisotopic (exact) mass is 392 g/mol. The van der Waals surface area contributed by atoms with Crippen LogP contribution in [0, 0.1) is 6.92 Å². The van der Waals surface area contributed by atoms with Crippen LogP contribution in [0.2, 0.25) is 0 Å². The number of benzene rings is 1. The third-order valence-electron chi connectivity index (χ3n) is 4.46. The molecule has 1 amide bonds. The smallest absolute Gasteiger partial charge is 0.233 e. The summed E-state index contributed by atoms with van der Waals surface area (Å²) in [6.07, 6.45) is 2.33. The Morgan fingerprint density at radius 3 is 2.79 bits per heavy atom. The summed E-state index contributed by atoms with van der Waals surface area (Å²) < 4.78 is 7.08. The van der Waals surface area contributed by atoms with Crippen LogP contribution in [0.25, 0.3) is 16.6 Å². The Labute approximate surface area is 166 Å². The van der Waals surface area contributed by atoms with E-state index >= 15 is 0 Å². The number of thiazole rings is 1. The number of hydrogen-bond acceptors (Lipinski definition) is 5. The molecule has 7 heteroatoms. The molecule has 0 aliphatic rings. The van der Waals surface area contributed by atoms with E-state index in [0.29, 0.717) is 23.1 Å². The lowest BCUT2D eigenvalue weighted by molar-refractivity contribution is -0.117. The lowest BCUT2D eigenvalue weighted by Gasteiger charge is -2.15. The SMILES string of the molecule is CCC(C(=O)Nc1cc(C)nn1-c1nc(-c2ccco2)cs1)c1ccccc1. The molecular weight excluding hydrogens is 372 g/mol. The molecule has 3 aromatic heterocycles. The molecule has 0 radical (unpaired) electrons. The first-order valence-electron chi connectivity index (χ1n) is 9.08. The number of nitrogens with one attached hydrogen (secondary N) is 1. The molecule has 0 aliphatic heterocycles. The fraction of sp³-hybridized carbons (Fsp3) is 0.190. The molecule has 0 aliphatic carbocycles. The molecule has 4 rings (SSSR count). The van der Waals surface area contributed by atoms with Crippen LogP contribution >= 0.6 is 11.3 Å². The van der Waals surface area contributed by atoms with Crippen LogP contribution in [0.5, 0.6) is 0 Å². The van der Waals surface area contributed by atoms with Gasteiger partial charge in [-0.25, -0.2) is 4.98 Å².